The van der Waals surface area contributed by atoms with Gasteiger partial charge in [-0.15, -0.1) is 0 Å². The zero-order valence-electron chi connectivity index (χ0n) is 33.5. The number of halogens is 3. The van der Waals surface area contributed by atoms with E-state index in [0.29, 0.717) is 44.1 Å². The second kappa shape index (κ2) is 15.1. The predicted molar refractivity (Wildman–Crippen MR) is 206 cm³/mol. The molecule has 316 valence electrons. The van der Waals surface area contributed by atoms with Crippen LogP contribution in [0.5, 0.6) is 11.6 Å². The number of amides is 2. The van der Waals surface area contributed by atoms with Crippen LogP contribution in [0.1, 0.15) is 98.0 Å². The van der Waals surface area contributed by atoms with E-state index in [1.54, 1.807) is 20.0 Å². The summed E-state index contributed by atoms with van der Waals surface area (Å²) >= 11 is 0. The number of sulfonamides is 1. The minimum atomic E-state index is -4.86. The quantitative estimate of drug-likeness (QED) is 0.234. The largest absolute Gasteiger partial charge is 0.492 e. The Morgan fingerprint density at radius 1 is 1.09 bits per heavy atom. The molecule has 1 aromatic carbocycles. The first-order valence-electron chi connectivity index (χ1n) is 20.2. The maximum absolute atomic E-state index is 14.9. The fourth-order valence-corrected chi connectivity index (χ4v) is 10.1. The zero-order chi connectivity index (χ0) is 42.0. The first-order valence-corrected chi connectivity index (χ1v) is 21.7. The molecule has 1 saturated heterocycles. The summed E-state index contributed by atoms with van der Waals surface area (Å²) in [5.41, 5.74) is -3.13. The van der Waals surface area contributed by atoms with Crippen LogP contribution in [0.25, 0.3) is 10.8 Å². The molecule has 1 N–H and O–H groups in total. The number of pyridine rings is 1. The molecule has 2 aliphatic carbocycles. The number of carbonyl (C=O) groups is 4. The number of fused-ring (bicyclic) bond motifs is 5. The van der Waals surface area contributed by atoms with Gasteiger partial charge < -0.3 is 19.1 Å². The molecule has 3 fully saturated rings. The van der Waals surface area contributed by atoms with Gasteiger partial charge in [-0.3, -0.25) is 23.9 Å². The molecule has 0 unspecified atom stereocenters. The Morgan fingerprint density at radius 2 is 1.83 bits per heavy atom. The molecule has 58 heavy (non-hydrogen) atoms. The highest BCUT2D eigenvalue weighted by atomic mass is 32.2. The van der Waals surface area contributed by atoms with Crippen molar-refractivity contribution in [1.82, 2.24) is 14.6 Å². The third-order valence-electron chi connectivity index (χ3n) is 13.1. The number of nitrogens with zero attached hydrogens (tertiary/aromatic N) is 2. The molecule has 2 amide bonds. The van der Waals surface area contributed by atoms with E-state index in [0.717, 1.165) is 37.0 Å². The molecular weight excluding hydrogens is 780 g/mol. The van der Waals surface area contributed by atoms with E-state index in [2.05, 4.69) is 9.71 Å². The average Bonchev–Trinajstić information content (AvgIpc) is 3.91. The van der Waals surface area contributed by atoms with Gasteiger partial charge in [-0.1, -0.05) is 32.1 Å². The maximum atomic E-state index is 14.9. The number of hydrogen-bond acceptors (Lipinski definition) is 10. The third kappa shape index (κ3) is 8.05. The minimum Gasteiger partial charge on any atom is -0.492 e. The first kappa shape index (κ1) is 41.9. The van der Waals surface area contributed by atoms with Crippen LogP contribution in [0.15, 0.2) is 36.5 Å². The van der Waals surface area contributed by atoms with Crippen LogP contribution in [-0.2, 0) is 40.4 Å². The minimum absolute atomic E-state index is 0.0122. The summed E-state index contributed by atoms with van der Waals surface area (Å²) in [5.74, 6) is -4.15. The number of allylic oxidation sites excluding steroid dienone is 2. The van der Waals surface area contributed by atoms with Crippen molar-refractivity contribution in [3.8, 4) is 11.6 Å². The standard InChI is InChI=1S/C42H52F3N3O9S/c1-24-8-6-7-9-27-21-41(27,38(52)47-58(53,54)40(5)14-15-40)22-33(49)32-19-28(56-36-30-11-10-26-13-17-55-35(26)29(30)12-16-46-36)23-48(32)37(51)31(25(2)18-24)20-34(50)57-39(3,4)42(43,44)45/h7,9-12,16,24-25,27-28,31-32H,6,8,13-15,17-23H2,1-5H3,(H,47,52)/b9-7-/t24-,25+,27+,28+,31-,32-,41+/m0/s1. The number of ketones is 1. The molecule has 2 aromatic rings. The molecule has 12 nitrogen and oxygen atoms in total. The van der Waals surface area contributed by atoms with Gasteiger partial charge in [-0.2, -0.15) is 13.2 Å². The number of aromatic nitrogens is 1. The summed E-state index contributed by atoms with van der Waals surface area (Å²) in [6.45, 7) is 7.23. The Balaban J connectivity index is 1.22. The second-order valence-corrected chi connectivity index (χ2v) is 20.2. The highest BCUT2D eigenvalue weighted by Gasteiger charge is 2.63. The zero-order valence-corrected chi connectivity index (χ0v) is 34.3. The molecule has 4 heterocycles. The normalized spacial score (nSPS) is 30.5. The van der Waals surface area contributed by atoms with Gasteiger partial charge in [0.2, 0.25) is 33.3 Å². The molecule has 7 rings (SSSR count). The molecule has 0 spiro atoms. The summed E-state index contributed by atoms with van der Waals surface area (Å²) in [6, 6.07) is 4.47. The molecule has 2 saturated carbocycles. The fraction of sp³-hybridized carbons (Fsp3) is 0.643. The van der Waals surface area contributed by atoms with Crippen LogP contribution < -0.4 is 14.2 Å². The Morgan fingerprint density at radius 3 is 2.53 bits per heavy atom. The van der Waals surface area contributed by atoms with Crippen LogP contribution in [-0.4, -0.2) is 83.7 Å². The van der Waals surface area contributed by atoms with E-state index in [1.807, 2.05) is 37.3 Å². The number of carbonyl (C=O) groups excluding carboxylic acids is 4. The number of rotatable bonds is 8. The van der Waals surface area contributed by atoms with Gasteiger partial charge >= 0.3 is 12.1 Å². The van der Waals surface area contributed by atoms with Gasteiger partial charge in [-0.05, 0) is 94.7 Å². The Kier molecular flexibility index (Phi) is 10.9. The number of alkyl halides is 3. The molecule has 1 aromatic heterocycles. The summed E-state index contributed by atoms with van der Waals surface area (Å²) < 4.78 is 86.3. The second-order valence-electron chi connectivity index (χ2n) is 18.0. The SMILES string of the molecule is C[C@H]1CC/C=C\[C@@H]2C[C@@]2(C(=O)NS(=O)(=O)C2(C)CC2)CC(=O)[C@@H]2C[C@@H](Oc3nccc4c5c(ccc34)CCO5)CN2C(=O)[C@@H](CC(=O)OC(C)(C)C(F)(F)F)[C@H](C)C1. The molecule has 3 aliphatic heterocycles. The van der Waals surface area contributed by atoms with Crippen LogP contribution in [0.2, 0.25) is 0 Å². The van der Waals surface area contributed by atoms with Crippen molar-refractivity contribution in [3.05, 3.63) is 42.1 Å². The monoisotopic (exact) mass is 831 g/mol. The van der Waals surface area contributed by atoms with E-state index >= 15 is 0 Å². The Bertz CT molecular complexity index is 2140. The van der Waals surface area contributed by atoms with Crippen molar-refractivity contribution < 1.29 is 55.0 Å². The lowest BCUT2D eigenvalue weighted by Crippen LogP contribution is -2.48. The highest BCUT2D eigenvalue weighted by molar-refractivity contribution is 7.91. The Labute approximate surface area is 336 Å². The van der Waals surface area contributed by atoms with Crippen molar-refractivity contribution >= 4 is 44.4 Å². The van der Waals surface area contributed by atoms with Gasteiger partial charge in [0, 0.05) is 36.2 Å². The number of benzene rings is 1. The lowest BCUT2D eigenvalue weighted by Gasteiger charge is -2.33. The number of esters is 1. The highest BCUT2D eigenvalue weighted by Crippen LogP contribution is 2.58. The lowest BCUT2D eigenvalue weighted by molar-refractivity contribution is -0.257. The van der Waals surface area contributed by atoms with Gasteiger partial charge in [0.15, 0.2) is 5.78 Å². The topological polar surface area (TPSA) is 158 Å². The fourth-order valence-electron chi connectivity index (χ4n) is 8.78. The van der Waals surface area contributed by atoms with E-state index in [-0.39, 0.29) is 37.6 Å². The Hall–Kier alpha value is -4.21. The van der Waals surface area contributed by atoms with Crippen LogP contribution in [0, 0.1) is 29.1 Å². The van der Waals surface area contributed by atoms with E-state index in [9.17, 15) is 40.8 Å². The van der Waals surface area contributed by atoms with E-state index in [1.165, 1.54) is 4.90 Å². The van der Waals surface area contributed by atoms with Crippen LogP contribution in [0.4, 0.5) is 13.2 Å². The summed E-state index contributed by atoms with van der Waals surface area (Å²) in [6.07, 6.45) is 2.20. The van der Waals surface area contributed by atoms with Crippen LogP contribution in [0.3, 0.4) is 0 Å². The third-order valence-corrected chi connectivity index (χ3v) is 15.2. The van der Waals surface area contributed by atoms with Crippen molar-refractivity contribution in [1.29, 1.82) is 0 Å². The molecule has 7 atom stereocenters. The average molecular weight is 832 g/mol. The first-order chi connectivity index (χ1) is 27.1. The maximum Gasteiger partial charge on any atom is 0.427 e. The number of ether oxygens (including phenoxy) is 3. The van der Waals surface area contributed by atoms with E-state index < -0.39 is 91.8 Å². The van der Waals surface area contributed by atoms with Gasteiger partial charge in [0.25, 0.3) is 0 Å². The smallest absolute Gasteiger partial charge is 0.427 e. The van der Waals surface area contributed by atoms with Crippen LogP contribution >= 0.6 is 0 Å². The summed E-state index contributed by atoms with van der Waals surface area (Å²) in [7, 11) is -4.03. The molecule has 16 heteroatoms. The number of nitrogens with one attached hydrogen (secondary N) is 1. The predicted octanol–water partition coefficient (Wildman–Crippen LogP) is 6.38. The number of Topliss-reactive ketones (excluding diaryl/α,β-unsaturated/α-hetero) is 1. The van der Waals surface area contributed by atoms with Gasteiger partial charge in [0.05, 0.1) is 41.7 Å². The molecule has 0 bridgehead atoms. The van der Waals surface area contributed by atoms with Crippen molar-refractivity contribution in [2.75, 3.05) is 13.2 Å². The summed E-state index contributed by atoms with van der Waals surface area (Å²) in [5, 5.41) is 1.45. The van der Waals surface area contributed by atoms with Gasteiger partial charge in [-0.25, -0.2) is 13.4 Å². The van der Waals surface area contributed by atoms with E-state index in [4.69, 9.17) is 14.2 Å². The lowest BCUT2D eigenvalue weighted by atomic mass is 9.82. The number of hydrogen-bond donors (Lipinski definition) is 1. The molecule has 0 radical (unpaired) electrons. The summed E-state index contributed by atoms with van der Waals surface area (Å²) in [4.78, 5) is 62.6. The van der Waals surface area contributed by atoms with Crippen molar-refractivity contribution in [3.63, 3.8) is 0 Å². The van der Waals surface area contributed by atoms with Crippen molar-refractivity contribution in [2.45, 2.75) is 127 Å². The van der Waals surface area contributed by atoms with Crippen molar-refractivity contribution in [2.24, 2.45) is 29.1 Å². The van der Waals surface area contributed by atoms with Gasteiger partial charge in [0.1, 0.15) is 11.9 Å². The molecular formula is C42H52F3N3O9S. The molecule has 5 aliphatic rings.